The Kier molecular flexibility index (Phi) is 5.04. The second-order valence-electron chi connectivity index (χ2n) is 3.48. The van der Waals surface area contributed by atoms with Crippen molar-refractivity contribution < 1.29 is 4.79 Å². The van der Waals surface area contributed by atoms with E-state index in [2.05, 4.69) is 5.32 Å². The molecule has 0 spiro atoms. The van der Waals surface area contributed by atoms with Gasteiger partial charge in [0.2, 0.25) is 5.91 Å². The molecule has 0 saturated carbocycles. The van der Waals surface area contributed by atoms with Gasteiger partial charge in [-0.25, -0.2) is 0 Å². The number of hydrogen-bond donors (Lipinski definition) is 2. The Bertz CT molecular complexity index is 222. The van der Waals surface area contributed by atoms with Crippen molar-refractivity contribution in [3.63, 3.8) is 0 Å². The van der Waals surface area contributed by atoms with Crippen LogP contribution in [-0.4, -0.2) is 30.0 Å². The van der Waals surface area contributed by atoms with Crippen molar-refractivity contribution in [2.24, 2.45) is 5.73 Å². The summed E-state index contributed by atoms with van der Waals surface area (Å²) in [6.07, 6.45) is 3.94. The molecule has 80 valence electrons. The molecule has 0 unspecified atom stereocenters. The van der Waals surface area contributed by atoms with Crippen LogP contribution >= 0.6 is 11.8 Å². The SMILES string of the molecule is C/C(=C\CN)C(=O)NC1CCSCC1. The topological polar surface area (TPSA) is 55.1 Å². The number of nitrogens with two attached hydrogens (primary N) is 1. The summed E-state index contributed by atoms with van der Waals surface area (Å²) in [5.74, 6) is 2.35. The molecule has 1 fully saturated rings. The van der Waals surface area contributed by atoms with Gasteiger partial charge in [-0.15, -0.1) is 0 Å². The van der Waals surface area contributed by atoms with Crippen molar-refractivity contribution in [3.8, 4) is 0 Å². The van der Waals surface area contributed by atoms with Gasteiger partial charge < -0.3 is 11.1 Å². The average molecular weight is 214 g/mol. The molecule has 0 bridgehead atoms. The maximum absolute atomic E-state index is 11.6. The highest BCUT2D eigenvalue weighted by atomic mass is 32.2. The first-order valence-electron chi connectivity index (χ1n) is 4.99. The highest BCUT2D eigenvalue weighted by molar-refractivity contribution is 7.99. The fourth-order valence-corrected chi connectivity index (χ4v) is 2.52. The third-order valence-electron chi connectivity index (χ3n) is 2.34. The van der Waals surface area contributed by atoms with E-state index in [0.29, 0.717) is 12.6 Å². The first kappa shape index (κ1) is 11.6. The van der Waals surface area contributed by atoms with Crippen molar-refractivity contribution in [2.45, 2.75) is 25.8 Å². The molecule has 1 saturated heterocycles. The van der Waals surface area contributed by atoms with E-state index in [0.717, 1.165) is 29.9 Å². The van der Waals surface area contributed by atoms with Crippen LogP contribution in [0.25, 0.3) is 0 Å². The van der Waals surface area contributed by atoms with E-state index in [9.17, 15) is 4.79 Å². The molecule has 1 amide bonds. The van der Waals surface area contributed by atoms with Gasteiger partial charge in [-0.2, -0.15) is 11.8 Å². The molecule has 1 aliphatic rings. The number of amides is 1. The normalized spacial score (nSPS) is 19.4. The van der Waals surface area contributed by atoms with Crippen molar-refractivity contribution in [3.05, 3.63) is 11.6 Å². The molecule has 3 nitrogen and oxygen atoms in total. The fourth-order valence-electron chi connectivity index (χ4n) is 1.41. The molecule has 1 heterocycles. The molecule has 14 heavy (non-hydrogen) atoms. The van der Waals surface area contributed by atoms with Crippen LogP contribution in [0.15, 0.2) is 11.6 Å². The Hall–Kier alpha value is -0.480. The first-order valence-corrected chi connectivity index (χ1v) is 6.15. The molecule has 0 aliphatic carbocycles. The zero-order valence-corrected chi connectivity index (χ0v) is 9.40. The van der Waals surface area contributed by atoms with E-state index in [4.69, 9.17) is 5.73 Å². The lowest BCUT2D eigenvalue weighted by molar-refractivity contribution is -0.118. The second-order valence-corrected chi connectivity index (χ2v) is 4.71. The van der Waals surface area contributed by atoms with E-state index < -0.39 is 0 Å². The van der Waals surface area contributed by atoms with Crippen LogP contribution in [0.1, 0.15) is 19.8 Å². The lowest BCUT2D eigenvalue weighted by atomic mass is 10.1. The van der Waals surface area contributed by atoms with E-state index in [1.807, 2.05) is 11.8 Å². The second kappa shape index (κ2) is 6.09. The zero-order valence-electron chi connectivity index (χ0n) is 8.58. The molecule has 0 radical (unpaired) electrons. The van der Waals surface area contributed by atoms with Gasteiger partial charge >= 0.3 is 0 Å². The van der Waals surface area contributed by atoms with Crippen molar-refractivity contribution in [1.29, 1.82) is 0 Å². The van der Waals surface area contributed by atoms with Crippen molar-refractivity contribution in [1.82, 2.24) is 5.32 Å². The van der Waals surface area contributed by atoms with Crippen LogP contribution in [0.5, 0.6) is 0 Å². The predicted octanol–water partition coefficient (Wildman–Crippen LogP) is 0.903. The lowest BCUT2D eigenvalue weighted by Gasteiger charge is -2.22. The fraction of sp³-hybridized carbons (Fsp3) is 0.700. The van der Waals surface area contributed by atoms with E-state index in [1.54, 1.807) is 13.0 Å². The quantitative estimate of drug-likeness (QED) is 0.686. The number of rotatable bonds is 3. The predicted molar refractivity (Wildman–Crippen MR) is 61.3 cm³/mol. The summed E-state index contributed by atoms with van der Waals surface area (Å²) < 4.78 is 0. The summed E-state index contributed by atoms with van der Waals surface area (Å²) >= 11 is 1.96. The summed E-state index contributed by atoms with van der Waals surface area (Å²) in [6.45, 7) is 2.24. The Morgan fingerprint density at radius 2 is 2.21 bits per heavy atom. The van der Waals surface area contributed by atoms with Gasteiger partial charge in [0.1, 0.15) is 0 Å². The van der Waals surface area contributed by atoms with Crippen LogP contribution in [0.4, 0.5) is 0 Å². The van der Waals surface area contributed by atoms with Gasteiger partial charge in [0.25, 0.3) is 0 Å². The molecule has 4 heteroatoms. The minimum absolute atomic E-state index is 0.0346. The molecule has 3 N–H and O–H groups in total. The van der Waals surface area contributed by atoms with Gasteiger partial charge in [0.05, 0.1) is 0 Å². The van der Waals surface area contributed by atoms with E-state index in [1.165, 1.54) is 0 Å². The Labute approximate surface area is 89.5 Å². The molecular weight excluding hydrogens is 196 g/mol. The summed E-state index contributed by atoms with van der Waals surface area (Å²) in [5, 5.41) is 3.03. The van der Waals surface area contributed by atoms with Crippen LogP contribution in [0.2, 0.25) is 0 Å². The van der Waals surface area contributed by atoms with Crippen LogP contribution < -0.4 is 11.1 Å². The number of carbonyl (C=O) groups excluding carboxylic acids is 1. The first-order chi connectivity index (χ1) is 6.74. The average Bonchev–Trinajstić information content (AvgIpc) is 2.19. The molecule has 1 aliphatic heterocycles. The number of carbonyl (C=O) groups is 1. The summed E-state index contributed by atoms with van der Waals surface area (Å²) in [6, 6.07) is 0.366. The minimum atomic E-state index is 0.0346. The number of nitrogens with one attached hydrogen (secondary N) is 1. The third kappa shape index (κ3) is 3.72. The van der Waals surface area contributed by atoms with E-state index >= 15 is 0 Å². The Morgan fingerprint density at radius 3 is 2.79 bits per heavy atom. The molecule has 0 aromatic carbocycles. The van der Waals surface area contributed by atoms with Crippen LogP contribution in [0, 0.1) is 0 Å². The Balaban J connectivity index is 2.35. The number of thioether (sulfide) groups is 1. The standard InChI is InChI=1S/C10H18N2OS/c1-8(2-5-11)10(13)12-9-3-6-14-7-4-9/h2,9H,3-7,11H2,1H3,(H,12,13)/b8-2+. The third-order valence-corrected chi connectivity index (χ3v) is 3.39. The largest absolute Gasteiger partial charge is 0.350 e. The highest BCUT2D eigenvalue weighted by Gasteiger charge is 2.16. The highest BCUT2D eigenvalue weighted by Crippen LogP contribution is 2.17. The summed E-state index contributed by atoms with van der Waals surface area (Å²) in [7, 11) is 0. The maximum Gasteiger partial charge on any atom is 0.246 e. The van der Waals surface area contributed by atoms with Gasteiger partial charge in [-0.05, 0) is 31.3 Å². The van der Waals surface area contributed by atoms with Gasteiger partial charge in [0.15, 0.2) is 0 Å². The maximum atomic E-state index is 11.6. The zero-order chi connectivity index (χ0) is 10.4. The minimum Gasteiger partial charge on any atom is -0.350 e. The molecule has 1 rings (SSSR count). The van der Waals surface area contributed by atoms with Crippen molar-refractivity contribution in [2.75, 3.05) is 18.1 Å². The smallest absolute Gasteiger partial charge is 0.246 e. The van der Waals surface area contributed by atoms with E-state index in [-0.39, 0.29) is 5.91 Å². The molecule has 0 aromatic rings. The monoisotopic (exact) mass is 214 g/mol. The van der Waals surface area contributed by atoms with Gasteiger partial charge in [-0.3, -0.25) is 4.79 Å². The van der Waals surface area contributed by atoms with Crippen LogP contribution in [-0.2, 0) is 4.79 Å². The molecular formula is C10H18N2OS. The summed E-state index contributed by atoms with van der Waals surface area (Å²) in [5.41, 5.74) is 6.07. The van der Waals surface area contributed by atoms with Crippen LogP contribution in [0.3, 0.4) is 0 Å². The Morgan fingerprint density at radius 1 is 1.57 bits per heavy atom. The summed E-state index contributed by atoms with van der Waals surface area (Å²) in [4.78, 5) is 11.6. The van der Waals surface area contributed by atoms with Gasteiger partial charge in [0, 0.05) is 18.2 Å². The van der Waals surface area contributed by atoms with Gasteiger partial charge in [-0.1, -0.05) is 6.08 Å². The van der Waals surface area contributed by atoms with Crippen molar-refractivity contribution >= 4 is 17.7 Å². The molecule has 0 atom stereocenters. The lowest BCUT2D eigenvalue weighted by Crippen LogP contribution is -2.37. The molecule has 0 aromatic heterocycles. The number of hydrogen-bond acceptors (Lipinski definition) is 3.